The third kappa shape index (κ3) is 14.4. The van der Waals surface area contributed by atoms with Crippen molar-refractivity contribution in [3.63, 3.8) is 0 Å². The van der Waals surface area contributed by atoms with E-state index in [2.05, 4.69) is 35.8 Å². The first-order chi connectivity index (χ1) is 39.2. The van der Waals surface area contributed by atoms with E-state index in [1.165, 1.54) is 32.5 Å². The summed E-state index contributed by atoms with van der Waals surface area (Å²) in [5.41, 5.74) is 7.13. The third-order valence-electron chi connectivity index (χ3n) is 12.5. The third-order valence-corrected chi connectivity index (χ3v) is 12.5. The van der Waals surface area contributed by atoms with E-state index in [9.17, 15) is 19.2 Å². The number of nitrogens with zero attached hydrogens (tertiary/aromatic N) is 4. The van der Waals surface area contributed by atoms with Crippen molar-refractivity contribution < 1.29 is 77.2 Å². The van der Waals surface area contributed by atoms with Gasteiger partial charge in [0.2, 0.25) is 29.2 Å². The van der Waals surface area contributed by atoms with Crippen molar-refractivity contribution in [2.75, 3.05) is 20.8 Å². The Bertz CT molecular complexity index is 3530. The Morgan fingerprint density at radius 1 is 0.617 bits per heavy atom. The van der Waals surface area contributed by atoms with Crippen LogP contribution in [0.15, 0.2) is 128 Å². The molecule has 20 nitrogen and oxygen atoms in total. The van der Waals surface area contributed by atoms with Crippen LogP contribution in [-0.4, -0.2) is 80.4 Å². The highest BCUT2D eigenvalue weighted by molar-refractivity contribution is 6.68. The molecule has 0 atom stereocenters. The maximum atomic E-state index is 11.9. The molecule has 3 aliphatic rings. The van der Waals surface area contributed by atoms with Crippen LogP contribution in [0.5, 0.6) is 58.0 Å². The van der Waals surface area contributed by atoms with Gasteiger partial charge in [0, 0.05) is 32.2 Å². The summed E-state index contributed by atoms with van der Waals surface area (Å²) >= 11 is 0. The lowest BCUT2D eigenvalue weighted by molar-refractivity contribution is -0.134. The van der Waals surface area contributed by atoms with E-state index >= 15 is 0 Å². The monoisotopic (exact) mass is 1100 g/mol. The lowest BCUT2D eigenvalue weighted by Crippen LogP contribution is -2.23. The van der Waals surface area contributed by atoms with Crippen molar-refractivity contribution in [2.45, 2.75) is 60.6 Å². The molecule has 81 heavy (non-hydrogen) atoms. The summed E-state index contributed by atoms with van der Waals surface area (Å²) in [6, 6.07) is 31.3. The highest BCUT2D eigenvalue weighted by Crippen LogP contribution is 2.38. The normalized spacial score (nSPS) is 12.3. The molecule has 0 amide bonds. The van der Waals surface area contributed by atoms with E-state index in [0.717, 1.165) is 39.3 Å². The van der Waals surface area contributed by atoms with Crippen LogP contribution in [0.25, 0.3) is 4.85 Å². The lowest BCUT2D eigenvalue weighted by Gasteiger charge is -2.14. The second-order valence-corrected chi connectivity index (χ2v) is 17.8. The van der Waals surface area contributed by atoms with Crippen LogP contribution in [-0.2, 0) is 52.8 Å². The molecule has 3 aliphatic heterocycles. The van der Waals surface area contributed by atoms with Crippen molar-refractivity contribution in [3.8, 4) is 58.0 Å². The fraction of sp³-hybridized carbons (Fsp3) is 0.207. The first-order valence-electron chi connectivity index (χ1n) is 25.5. The SMILES string of the molecule is C=COC(=O)c1ccc(Oc2ccc3c(c2)COB3C)nc1OCC.COC(=O)c1ccc(Oc2ccc3c(c2)COB3C)nc1C(=O)OC.[C-]#[N+]c1ccc(Oc2cc(OC(=O)CC)ccc2Oc2ccc3c(c2)COB3C)nc1.[HH]. The molecular formula is C58H55B3N4O16. The Balaban J connectivity index is 0.000000178. The second-order valence-electron chi connectivity index (χ2n) is 17.8. The Kier molecular flexibility index (Phi) is 19.2. The topological polar surface area (TPSA) is 222 Å². The molecule has 0 aliphatic carbocycles. The van der Waals surface area contributed by atoms with Gasteiger partial charge in [0.1, 0.15) is 28.6 Å². The van der Waals surface area contributed by atoms with E-state index in [1.807, 2.05) is 69.0 Å². The van der Waals surface area contributed by atoms with Gasteiger partial charge in [-0.2, -0.15) is 4.98 Å². The Labute approximate surface area is 469 Å². The van der Waals surface area contributed by atoms with Gasteiger partial charge in [-0.3, -0.25) is 4.79 Å². The van der Waals surface area contributed by atoms with Gasteiger partial charge >= 0.3 is 44.6 Å². The van der Waals surface area contributed by atoms with Crippen molar-refractivity contribution in [2.24, 2.45) is 0 Å². The predicted octanol–water partition coefficient (Wildman–Crippen LogP) is 9.87. The first-order valence-corrected chi connectivity index (χ1v) is 25.5. The Morgan fingerprint density at radius 2 is 1.15 bits per heavy atom. The molecule has 0 saturated heterocycles. The summed E-state index contributed by atoms with van der Waals surface area (Å²) in [5.74, 6) is 1.51. The fourth-order valence-corrected chi connectivity index (χ4v) is 8.36. The molecule has 4 aromatic carbocycles. The van der Waals surface area contributed by atoms with Crippen LogP contribution in [0.1, 0.15) is 69.6 Å². The number of pyridine rings is 3. The minimum Gasteiger partial charge on any atom is -0.477 e. The van der Waals surface area contributed by atoms with Crippen LogP contribution in [0, 0.1) is 6.57 Å². The number of esters is 4. The van der Waals surface area contributed by atoms with Gasteiger partial charge in [-0.15, -0.1) is 0 Å². The quantitative estimate of drug-likeness (QED) is 0.0219. The van der Waals surface area contributed by atoms with E-state index < -0.39 is 17.9 Å². The van der Waals surface area contributed by atoms with Crippen molar-refractivity contribution >= 4 is 66.7 Å². The van der Waals surface area contributed by atoms with E-state index in [1.54, 1.807) is 62.4 Å². The van der Waals surface area contributed by atoms with Crippen LogP contribution in [0.2, 0.25) is 20.5 Å². The minimum atomic E-state index is -0.748. The number of rotatable bonds is 16. The molecule has 0 unspecified atom stereocenters. The van der Waals surface area contributed by atoms with Crippen molar-refractivity contribution in [1.29, 1.82) is 0 Å². The number of hydrogen-bond acceptors (Lipinski definition) is 19. The minimum absolute atomic E-state index is 0. The van der Waals surface area contributed by atoms with Gasteiger partial charge < -0.3 is 56.6 Å². The molecule has 6 heterocycles. The van der Waals surface area contributed by atoms with Gasteiger partial charge in [0.15, 0.2) is 17.2 Å². The molecule has 23 heteroatoms. The number of carbonyl (C=O) groups is 4. The average molecular weight is 1100 g/mol. The Hall–Kier alpha value is -9.49. The zero-order valence-electron chi connectivity index (χ0n) is 45.3. The second kappa shape index (κ2) is 26.9. The number of carbonyl (C=O) groups excluding carboxylic acids is 4. The molecule has 412 valence electrons. The maximum absolute atomic E-state index is 11.9. The highest BCUT2D eigenvalue weighted by Gasteiger charge is 2.27. The molecular weight excluding hydrogens is 1040 g/mol. The van der Waals surface area contributed by atoms with E-state index in [-0.39, 0.29) is 69.0 Å². The van der Waals surface area contributed by atoms with Gasteiger partial charge in [-0.1, -0.05) is 52.2 Å². The van der Waals surface area contributed by atoms with E-state index in [0.29, 0.717) is 72.5 Å². The number of hydrogen-bond donors (Lipinski definition) is 0. The average Bonchev–Trinajstić information content (AvgIpc) is 4.21. The summed E-state index contributed by atoms with van der Waals surface area (Å²) in [7, 11) is 2.43. The highest BCUT2D eigenvalue weighted by atomic mass is 16.6. The molecule has 0 saturated carbocycles. The molecule has 0 spiro atoms. The zero-order chi connectivity index (χ0) is 57.6. The van der Waals surface area contributed by atoms with Crippen LogP contribution in [0.4, 0.5) is 5.69 Å². The zero-order valence-corrected chi connectivity index (χ0v) is 45.3. The lowest BCUT2D eigenvalue weighted by atomic mass is 9.64. The van der Waals surface area contributed by atoms with Gasteiger partial charge in [0.25, 0.3) is 0 Å². The van der Waals surface area contributed by atoms with Crippen LogP contribution in [0.3, 0.4) is 0 Å². The summed E-state index contributed by atoms with van der Waals surface area (Å²) in [5, 5.41) is 0. The molecule has 7 aromatic rings. The van der Waals surface area contributed by atoms with Gasteiger partial charge in [-0.25, -0.2) is 29.2 Å². The van der Waals surface area contributed by atoms with E-state index in [4.69, 9.17) is 53.7 Å². The fourth-order valence-electron chi connectivity index (χ4n) is 8.36. The predicted molar refractivity (Wildman–Crippen MR) is 301 cm³/mol. The summed E-state index contributed by atoms with van der Waals surface area (Å²) in [6.45, 7) is 22.2. The number of benzene rings is 4. The molecule has 0 fully saturated rings. The summed E-state index contributed by atoms with van der Waals surface area (Å²) < 4.78 is 65.1. The number of methoxy groups -OCH3 is 2. The number of fused-ring (bicyclic) bond motifs is 3. The number of aromatic nitrogens is 3. The Morgan fingerprint density at radius 3 is 1.65 bits per heavy atom. The molecule has 0 bridgehead atoms. The van der Waals surface area contributed by atoms with Gasteiger partial charge in [-0.05, 0) is 113 Å². The largest absolute Gasteiger partial charge is 0.477 e. The molecule has 0 N–H and O–H groups in total. The standard InChI is InChI=1S/C23H19BN2O5.C18H18BNO5.C17H16BNO6.H2/c1-4-23(27)30-18-7-9-20(21(12-18)31-22-10-5-16(25-3)13-26-22)29-17-6-8-19-15(11-17)14-28-24(19)2;1-4-22-17-14(18(21)23-5-2)7-9-16(20-17)25-13-6-8-15-12(10-13)11-24-19(15)3;1-18-13-6-4-11(8-10(13)9-24-18)25-14-7-5-12(16(20)22-2)15(19-14)17(21)23-3;/h5-13H,4,14H2,1-2H3;5-10H,2,4,11H2,1,3H3;4-8H,9H2,1-3H3;1H. The van der Waals surface area contributed by atoms with Crippen molar-refractivity contribution in [3.05, 3.63) is 173 Å². The number of ether oxygens (including phenoxy) is 9. The summed E-state index contributed by atoms with van der Waals surface area (Å²) in [6.07, 6.45) is 2.74. The van der Waals surface area contributed by atoms with Gasteiger partial charge in [0.05, 0.1) is 59.0 Å². The summed E-state index contributed by atoms with van der Waals surface area (Å²) in [4.78, 5) is 63.0. The van der Waals surface area contributed by atoms with Crippen molar-refractivity contribution in [1.82, 2.24) is 15.0 Å². The smallest absolute Gasteiger partial charge is 0.357 e. The molecule has 0 radical (unpaired) electrons. The first kappa shape index (κ1) is 57.7. The van der Waals surface area contributed by atoms with Crippen LogP contribution < -0.4 is 44.8 Å². The van der Waals surface area contributed by atoms with Crippen LogP contribution >= 0.6 is 0 Å². The molecule has 10 rings (SSSR count). The molecule has 3 aromatic heterocycles. The maximum Gasteiger partial charge on any atom is 0.357 e.